The summed E-state index contributed by atoms with van der Waals surface area (Å²) in [4.78, 5) is 12.5. The van der Waals surface area contributed by atoms with Gasteiger partial charge in [-0.3, -0.25) is 4.79 Å². The Morgan fingerprint density at radius 2 is 2.08 bits per heavy atom. The molecule has 1 aromatic heterocycles. The number of hydrogen-bond acceptors (Lipinski definition) is 4. The summed E-state index contributed by atoms with van der Waals surface area (Å²) in [5.74, 6) is 0.593. The SMILES string of the molecule is CC(CCc1ccco1)NC(=O)c1cccc(S(=O)(=O)NC2CC2)c1. The quantitative estimate of drug-likeness (QED) is 0.755. The van der Waals surface area contributed by atoms with Crippen LogP contribution in [0.15, 0.2) is 52.0 Å². The Morgan fingerprint density at radius 3 is 2.76 bits per heavy atom. The van der Waals surface area contributed by atoms with Crippen LogP contribution in [0.4, 0.5) is 0 Å². The topological polar surface area (TPSA) is 88.4 Å². The van der Waals surface area contributed by atoms with Gasteiger partial charge in [-0.2, -0.15) is 0 Å². The van der Waals surface area contributed by atoms with E-state index in [0.29, 0.717) is 5.56 Å². The Labute approximate surface area is 147 Å². The normalized spacial score (nSPS) is 15.7. The van der Waals surface area contributed by atoms with Crippen LogP contribution in [-0.2, 0) is 16.4 Å². The summed E-state index contributed by atoms with van der Waals surface area (Å²) in [5, 5.41) is 2.89. The summed E-state index contributed by atoms with van der Waals surface area (Å²) < 4.78 is 32.4. The number of amides is 1. The van der Waals surface area contributed by atoms with E-state index in [2.05, 4.69) is 10.0 Å². The summed E-state index contributed by atoms with van der Waals surface area (Å²) in [6.45, 7) is 1.91. The summed E-state index contributed by atoms with van der Waals surface area (Å²) in [6, 6.07) is 9.83. The Bertz CT molecular complexity index is 827. The lowest BCUT2D eigenvalue weighted by Gasteiger charge is -2.14. The minimum atomic E-state index is -3.56. The highest BCUT2D eigenvalue weighted by Crippen LogP contribution is 2.22. The van der Waals surface area contributed by atoms with Crippen LogP contribution in [0.3, 0.4) is 0 Å². The molecule has 2 aromatic rings. The molecule has 1 fully saturated rings. The molecule has 6 nitrogen and oxygen atoms in total. The maximum Gasteiger partial charge on any atom is 0.251 e. The van der Waals surface area contributed by atoms with E-state index in [9.17, 15) is 13.2 Å². The Morgan fingerprint density at radius 1 is 1.28 bits per heavy atom. The van der Waals surface area contributed by atoms with Gasteiger partial charge in [0, 0.05) is 24.1 Å². The first-order chi connectivity index (χ1) is 11.9. The van der Waals surface area contributed by atoms with Gasteiger partial charge < -0.3 is 9.73 Å². The van der Waals surface area contributed by atoms with Crippen molar-refractivity contribution >= 4 is 15.9 Å². The first-order valence-electron chi connectivity index (χ1n) is 8.40. The smallest absolute Gasteiger partial charge is 0.251 e. The molecule has 1 saturated carbocycles. The first kappa shape index (κ1) is 17.7. The van der Waals surface area contributed by atoms with Crippen molar-refractivity contribution in [3.8, 4) is 0 Å². The number of nitrogens with one attached hydrogen (secondary N) is 2. The van der Waals surface area contributed by atoms with Crippen molar-refractivity contribution in [2.75, 3.05) is 0 Å². The van der Waals surface area contributed by atoms with Crippen molar-refractivity contribution in [1.82, 2.24) is 10.0 Å². The van der Waals surface area contributed by atoms with Crippen LogP contribution >= 0.6 is 0 Å². The van der Waals surface area contributed by atoms with E-state index in [1.807, 2.05) is 19.1 Å². The number of furan rings is 1. The second-order valence-electron chi connectivity index (χ2n) is 6.42. The number of hydrogen-bond donors (Lipinski definition) is 2. The van der Waals surface area contributed by atoms with Crippen LogP contribution in [0, 0.1) is 0 Å². The van der Waals surface area contributed by atoms with E-state index in [1.54, 1.807) is 18.4 Å². The summed E-state index contributed by atoms with van der Waals surface area (Å²) in [5.41, 5.74) is 0.337. The van der Waals surface area contributed by atoms with Crippen molar-refractivity contribution in [1.29, 1.82) is 0 Å². The van der Waals surface area contributed by atoms with Crippen molar-refractivity contribution in [2.24, 2.45) is 0 Å². The minimum absolute atomic E-state index is 0.0316. The standard InChI is InChI=1S/C18H22N2O4S/c1-13(7-10-16-5-3-11-24-16)19-18(21)14-4-2-6-17(12-14)25(22,23)20-15-8-9-15/h2-6,11-13,15,20H,7-10H2,1H3,(H,19,21). The molecule has 134 valence electrons. The number of carbonyl (C=O) groups is 1. The first-order valence-corrected chi connectivity index (χ1v) is 9.88. The zero-order valence-electron chi connectivity index (χ0n) is 14.1. The number of benzene rings is 1. The van der Waals surface area contributed by atoms with Gasteiger partial charge in [-0.1, -0.05) is 6.07 Å². The molecule has 1 heterocycles. The summed E-state index contributed by atoms with van der Waals surface area (Å²) in [7, 11) is -3.56. The molecule has 1 aliphatic rings. The van der Waals surface area contributed by atoms with E-state index < -0.39 is 10.0 Å². The average molecular weight is 362 g/mol. The minimum Gasteiger partial charge on any atom is -0.469 e. The van der Waals surface area contributed by atoms with E-state index in [-0.39, 0.29) is 22.9 Å². The van der Waals surface area contributed by atoms with E-state index in [0.717, 1.165) is 31.4 Å². The zero-order valence-corrected chi connectivity index (χ0v) is 14.9. The fourth-order valence-electron chi connectivity index (χ4n) is 2.49. The van der Waals surface area contributed by atoms with Gasteiger partial charge in [-0.25, -0.2) is 13.1 Å². The number of sulfonamides is 1. The third-order valence-corrected chi connectivity index (χ3v) is 5.61. The highest BCUT2D eigenvalue weighted by Gasteiger charge is 2.28. The molecule has 1 aliphatic carbocycles. The largest absolute Gasteiger partial charge is 0.469 e. The molecular formula is C18H22N2O4S. The molecule has 0 bridgehead atoms. The fourth-order valence-corrected chi connectivity index (χ4v) is 3.84. The van der Waals surface area contributed by atoms with Gasteiger partial charge in [0.05, 0.1) is 11.2 Å². The number of rotatable bonds is 8. The van der Waals surface area contributed by atoms with Gasteiger partial charge in [0.25, 0.3) is 5.91 Å². The van der Waals surface area contributed by atoms with E-state index in [4.69, 9.17) is 4.42 Å². The van der Waals surface area contributed by atoms with Gasteiger partial charge in [0.1, 0.15) is 5.76 Å². The molecule has 0 spiro atoms. The molecule has 0 saturated heterocycles. The van der Waals surface area contributed by atoms with Crippen LogP contribution in [0.25, 0.3) is 0 Å². The van der Waals surface area contributed by atoms with Crippen molar-refractivity contribution < 1.29 is 17.6 Å². The maximum atomic E-state index is 12.4. The van der Waals surface area contributed by atoms with Crippen LogP contribution in [0.1, 0.15) is 42.3 Å². The van der Waals surface area contributed by atoms with Crippen LogP contribution < -0.4 is 10.0 Å². The second kappa shape index (κ2) is 7.41. The molecule has 3 rings (SSSR count). The lowest BCUT2D eigenvalue weighted by Crippen LogP contribution is -2.33. The molecule has 1 atom stereocenters. The van der Waals surface area contributed by atoms with Gasteiger partial charge in [0.2, 0.25) is 10.0 Å². The van der Waals surface area contributed by atoms with Gasteiger partial charge in [0.15, 0.2) is 0 Å². The third kappa shape index (κ3) is 4.93. The number of aryl methyl sites for hydroxylation is 1. The summed E-state index contributed by atoms with van der Waals surface area (Å²) >= 11 is 0. The lowest BCUT2D eigenvalue weighted by molar-refractivity contribution is 0.0938. The monoisotopic (exact) mass is 362 g/mol. The molecule has 1 unspecified atom stereocenters. The highest BCUT2D eigenvalue weighted by atomic mass is 32.2. The van der Waals surface area contributed by atoms with Gasteiger partial charge in [-0.15, -0.1) is 0 Å². The average Bonchev–Trinajstić information content (AvgIpc) is 3.23. The predicted octanol–water partition coefficient (Wildman–Crippen LogP) is 2.47. The van der Waals surface area contributed by atoms with E-state index in [1.165, 1.54) is 12.1 Å². The second-order valence-corrected chi connectivity index (χ2v) is 8.13. The van der Waals surface area contributed by atoms with Crippen LogP contribution in [0.5, 0.6) is 0 Å². The Hall–Kier alpha value is -2.12. The molecule has 25 heavy (non-hydrogen) atoms. The molecule has 2 N–H and O–H groups in total. The molecule has 1 amide bonds. The van der Waals surface area contributed by atoms with Gasteiger partial charge in [-0.05, 0) is 56.5 Å². The van der Waals surface area contributed by atoms with E-state index >= 15 is 0 Å². The Kier molecular flexibility index (Phi) is 5.24. The predicted molar refractivity (Wildman–Crippen MR) is 93.7 cm³/mol. The lowest BCUT2D eigenvalue weighted by atomic mass is 10.1. The Balaban J connectivity index is 1.60. The highest BCUT2D eigenvalue weighted by molar-refractivity contribution is 7.89. The molecule has 0 radical (unpaired) electrons. The molecular weight excluding hydrogens is 340 g/mol. The fraction of sp³-hybridized carbons (Fsp3) is 0.389. The third-order valence-electron chi connectivity index (χ3n) is 4.09. The molecule has 0 aliphatic heterocycles. The van der Waals surface area contributed by atoms with Crippen molar-refractivity contribution in [2.45, 2.75) is 49.6 Å². The number of carbonyl (C=O) groups excluding carboxylic acids is 1. The van der Waals surface area contributed by atoms with Crippen LogP contribution in [-0.4, -0.2) is 26.4 Å². The van der Waals surface area contributed by atoms with Gasteiger partial charge >= 0.3 is 0 Å². The molecule has 1 aromatic carbocycles. The maximum absolute atomic E-state index is 12.4. The molecule has 7 heteroatoms. The summed E-state index contributed by atoms with van der Waals surface area (Å²) in [6.07, 6.45) is 4.83. The van der Waals surface area contributed by atoms with Crippen molar-refractivity contribution in [3.63, 3.8) is 0 Å². The zero-order chi connectivity index (χ0) is 17.9. The van der Waals surface area contributed by atoms with Crippen molar-refractivity contribution in [3.05, 3.63) is 54.0 Å². The van der Waals surface area contributed by atoms with Crippen LogP contribution in [0.2, 0.25) is 0 Å².